The highest BCUT2D eigenvalue weighted by Crippen LogP contribution is 2.33. The Kier molecular flexibility index (Phi) is 5.50. The first-order valence-corrected chi connectivity index (χ1v) is 10.9. The lowest BCUT2D eigenvalue weighted by Crippen LogP contribution is -2.33. The number of nitrogens with one attached hydrogen (secondary N) is 3. The van der Waals surface area contributed by atoms with Gasteiger partial charge in [-0.25, -0.2) is 14.5 Å². The highest BCUT2D eigenvalue weighted by Gasteiger charge is 2.29. The van der Waals surface area contributed by atoms with Gasteiger partial charge in [-0.05, 0) is 48.7 Å². The molecule has 0 bridgehead atoms. The van der Waals surface area contributed by atoms with E-state index < -0.39 is 18.6 Å². The van der Waals surface area contributed by atoms with Gasteiger partial charge in [0.25, 0.3) is 5.91 Å². The number of nitrogens with two attached hydrogens (primary N) is 1. The molecule has 0 unspecified atom stereocenters. The zero-order chi connectivity index (χ0) is 25.6. The molecule has 3 heterocycles. The molecule has 0 radical (unpaired) electrons. The first-order chi connectivity index (χ1) is 17.1. The average Bonchev–Trinajstić information content (AvgIpc) is 3.43. The average molecular weight is 494 g/mol. The number of alkyl halides is 3. The quantitative estimate of drug-likeness (QED) is 0.285. The Morgan fingerprint density at radius 2 is 1.89 bits per heavy atom. The number of rotatable bonds is 5. The molecule has 5 N–H and O–H groups in total. The molecule has 0 aliphatic heterocycles. The van der Waals surface area contributed by atoms with Crippen LogP contribution in [0.2, 0.25) is 0 Å². The first kappa shape index (κ1) is 23.1. The summed E-state index contributed by atoms with van der Waals surface area (Å²) >= 11 is 0. The maximum absolute atomic E-state index is 12.7. The lowest BCUT2D eigenvalue weighted by Gasteiger charge is -2.10. The van der Waals surface area contributed by atoms with Crippen LogP contribution in [-0.4, -0.2) is 43.2 Å². The number of anilines is 3. The molecule has 0 saturated heterocycles. The molecule has 5 rings (SSSR count). The number of aromatic amines is 1. The Bertz CT molecular complexity index is 1600. The van der Waals surface area contributed by atoms with Crippen molar-refractivity contribution >= 4 is 39.9 Å². The van der Waals surface area contributed by atoms with E-state index in [1.807, 2.05) is 31.3 Å². The number of H-pyrrole nitrogens is 1. The summed E-state index contributed by atoms with van der Waals surface area (Å²) in [5, 5.41) is 9.16. The fourth-order valence-electron chi connectivity index (χ4n) is 4.01. The maximum atomic E-state index is 12.7. The third kappa shape index (κ3) is 4.28. The van der Waals surface area contributed by atoms with E-state index in [2.05, 4.69) is 25.4 Å². The van der Waals surface area contributed by atoms with Crippen LogP contribution in [0.4, 0.5) is 30.6 Å². The van der Waals surface area contributed by atoms with Crippen LogP contribution in [0.3, 0.4) is 0 Å². The van der Waals surface area contributed by atoms with Crippen molar-refractivity contribution < 1.29 is 18.0 Å². The van der Waals surface area contributed by atoms with Crippen molar-refractivity contribution in [3.05, 3.63) is 65.6 Å². The summed E-state index contributed by atoms with van der Waals surface area (Å²) in [6, 6.07) is 10.9. The molecular formula is C24H21F3N8O. The summed E-state index contributed by atoms with van der Waals surface area (Å²) in [5.41, 5.74) is 12.0. The molecule has 0 saturated carbocycles. The Hall–Kier alpha value is -4.61. The molecule has 1 amide bonds. The number of aromatic nitrogens is 5. The fraction of sp³-hybridized carbons (Fsp3) is 0.167. The van der Waals surface area contributed by atoms with Gasteiger partial charge in [0.2, 0.25) is 5.95 Å². The molecule has 0 aliphatic rings. The van der Waals surface area contributed by atoms with Crippen molar-refractivity contribution in [1.29, 1.82) is 0 Å². The molecule has 5 aromatic rings. The number of aryl methyl sites for hydroxylation is 2. The molecule has 36 heavy (non-hydrogen) atoms. The summed E-state index contributed by atoms with van der Waals surface area (Å²) in [5.74, 6) is -0.252. The molecule has 3 aromatic heterocycles. The molecule has 184 valence electrons. The number of halogens is 3. The number of fused-ring (bicyclic) bond motifs is 2. The normalized spacial score (nSPS) is 11.8. The SMILES string of the molecule is Cc1ccc2nc(Nc3ccc(-c4c(C(=O)NCC(F)(F)F)cn5ncnc(N)c45)cc3)[nH]c2c1C. The predicted molar refractivity (Wildman–Crippen MR) is 130 cm³/mol. The number of imidazole rings is 1. The van der Waals surface area contributed by atoms with Gasteiger partial charge in [-0.3, -0.25) is 4.79 Å². The smallest absolute Gasteiger partial charge is 0.382 e. The number of carbonyl (C=O) groups is 1. The second-order valence-electron chi connectivity index (χ2n) is 8.34. The van der Waals surface area contributed by atoms with E-state index in [9.17, 15) is 18.0 Å². The van der Waals surface area contributed by atoms with Crippen molar-refractivity contribution in [2.45, 2.75) is 20.0 Å². The fourth-order valence-corrected chi connectivity index (χ4v) is 4.01. The number of nitrogen functional groups attached to an aromatic ring is 1. The van der Waals surface area contributed by atoms with Gasteiger partial charge >= 0.3 is 6.18 Å². The topological polar surface area (TPSA) is 126 Å². The van der Waals surface area contributed by atoms with Crippen LogP contribution >= 0.6 is 0 Å². The number of hydrogen-bond acceptors (Lipinski definition) is 6. The maximum Gasteiger partial charge on any atom is 0.405 e. The molecule has 12 heteroatoms. The van der Waals surface area contributed by atoms with E-state index in [0.29, 0.717) is 28.3 Å². The van der Waals surface area contributed by atoms with Crippen molar-refractivity contribution in [2.75, 3.05) is 17.6 Å². The van der Waals surface area contributed by atoms with Crippen molar-refractivity contribution in [3.8, 4) is 11.1 Å². The van der Waals surface area contributed by atoms with Crippen LogP contribution in [0.5, 0.6) is 0 Å². The predicted octanol–water partition coefficient (Wildman–Crippen LogP) is 4.51. The molecule has 0 atom stereocenters. The second kappa shape index (κ2) is 8.56. The van der Waals surface area contributed by atoms with E-state index in [4.69, 9.17) is 5.73 Å². The van der Waals surface area contributed by atoms with Crippen LogP contribution in [0, 0.1) is 13.8 Å². The number of hydrogen-bond donors (Lipinski definition) is 4. The monoisotopic (exact) mass is 494 g/mol. The van der Waals surface area contributed by atoms with Crippen molar-refractivity contribution in [1.82, 2.24) is 29.9 Å². The Labute approximate surface area is 202 Å². The van der Waals surface area contributed by atoms with Gasteiger partial charge in [0.1, 0.15) is 18.4 Å². The van der Waals surface area contributed by atoms with Crippen LogP contribution in [0.1, 0.15) is 21.5 Å². The summed E-state index contributed by atoms with van der Waals surface area (Å²) in [4.78, 5) is 24.5. The minimum Gasteiger partial charge on any atom is -0.382 e. The minimum absolute atomic E-state index is 0.00436. The third-order valence-corrected chi connectivity index (χ3v) is 5.92. The van der Waals surface area contributed by atoms with Gasteiger partial charge in [-0.2, -0.15) is 18.3 Å². The first-order valence-electron chi connectivity index (χ1n) is 10.9. The molecular weight excluding hydrogens is 473 g/mol. The number of carbonyl (C=O) groups excluding carboxylic acids is 1. The number of nitrogens with zero attached hydrogens (tertiary/aromatic N) is 4. The highest BCUT2D eigenvalue weighted by atomic mass is 19.4. The molecule has 2 aromatic carbocycles. The van der Waals surface area contributed by atoms with E-state index in [-0.39, 0.29) is 11.4 Å². The summed E-state index contributed by atoms with van der Waals surface area (Å²) in [7, 11) is 0. The van der Waals surface area contributed by atoms with Gasteiger partial charge < -0.3 is 21.4 Å². The molecule has 0 fully saturated rings. The van der Waals surface area contributed by atoms with Crippen molar-refractivity contribution in [2.24, 2.45) is 0 Å². The van der Waals surface area contributed by atoms with Crippen molar-refractivity contribution in [3.63, 3.8) is 0 Å². The van der Waals surface area contributed by atoms with Crippen LogP contribution in [0.25, 0.3) is 27.7 Å². The van der Waals surface area contributed by atoms with Gasteiger partial charge in [-0.1, -0.05) is 18.2 Å². The van der Waals surface area contributed by atoms with Gasteiger partial charge in [0, 0.05) is 17.4 Å². The molecule has 9 nitrogen and oxygen atoms in total. The summed E-state index contributed by atoms with van der Waals surface area (Å²) in [6.45, 7) is 2.59. The molecule has 0 spiro atoms. The Balaban J connectivity index is 1.49. The Morgan fingerprint density at radius 1 is 1.14 bits per heavy atom. The second-order valence-corrected chi connectivity index (χ2v) is 8.34. The van der Waals surface area contributed by atoms with Crippen LogP contribution in [0.15, 0.2) is 48.9 Å². The summed E-state index contributed by atoms with van der Waals surface area (Å²) < 4.78 is 39.4. The van der Waals surface area contributed by atoms with Gasteiger partial charge in [0.05, 0.1) is 16.6 Å². The van der Waals surface area contributed by atoms with E-state index in [1.165, 1.54) is 17.0 Å². The van der Waals surface area contributed by atoms with Crippen LogP contribution in [-0.2, 0) is 0 Å². The lowest BCUT2D eigenvalue weighted by molar-refractivity contribution is -0.123. The largest absolute Gasteiger partial charge is 0.405 e. The molecule has 0 aliphatic carbocycles. The standard InChI is InChI=1S/C24H21F3N8O/c1-12-3-8-17-19(13(12)2)34-23(33-17)32-15-6-4-14(5-7-15)18-16(22(36)29-10-24(25,26)27)9-35-20(18)21(28)30-11-31-35/h3-9,11H,10H2,1-2H3,(H,29,36)(H2,28,30,31)(H2,32,33,34). The van der Waals surface area contributed by atoms with E-state index in [1.54, 1.807) is 24.3 Å². The van der Waals surface area contributed by atoms with Gasteiger partial charge in [-0.15, -0.1) is 0 Å². The highest BCUT2D eigenvalue weighted by molar-refractivity contribution is 6.07. The summed E-state index contributed by atoms with van der Waals surface area (Å²) in [6.07, 6.45) is -2.01. The Morgan fingerprint density at radius 3 is 2.61 bits per heavy atom. The number of benzene rings is 2. The van der Waals surface area contributed by atoms with Crippen LogP contribution < -0.4 is 16.4 Å². The number of amides is 1. The third-order valence-electron chi connectivity index (χ3n) is 5.92. The zero-order valence-electron chi connectivity index (χ0n) is 19.2. The minimum atomic E-state index is -4.55. The lowest BCUT2D eigenvalue weighted by atomic mass is 10.0. The van der Waals surface area contributed by atoms with E-state index >= 15 is 0 Å². The van der Waals surface area contributed by atoms with Gasteiger partial charge in [0.15, 0.2) is 5.82 Å². The zero-order valence-corrected chi connectivity index (χ0v) is 19.2. The van der Waals surface area contributed by atoms with E-state index in [0.717, 1.165) is 22.2 Å².